The number of carbonyl (C=O) groups is 2. The Morgan fingerprint density at radius 1 is 1.29 bits per heavy atom. The molecule has 4 fully saturated rings. The second-order valence-electron chi connectivity index (χ2n) is 10.2. The van der Waals surface area contributed by atoms with E-state index in [1.807, 2.05) is 4.90 Å². The molecule has 3 saturated heterocycles. The van der Waals surface area contributed by atoms with Crippen LogP contribution in [0.15, 0.2) is 23.2 Å². The number of nitrogens with zero attached hydrogens (tertiary/aromatic N) is 3. The van der Waals surface area contributed by atoms with Crippen molar-refractivity contribution in [1.82, 2.24) is 20.1 Å². The molecule has 0 bridgehead atoms. The van der Waals surface area contributed by atoms with Gasteiger partial charge in [-0.3, -0.25) is 9.78 Å². The molecular weight excluding hydrogens is 470 g/mol. The zero-order valence-electron chi connectivity index (χ0n) is 18.9. The average Bonchev–Trinajstić information content (AvgIpc) is 2.73. The molecule has 5 rings (SSSR count). The number of aromatic nitrogens is 1. The number of sulfone groups is 1. The number of morpholine rings is 1. The predicted molar refractivity (Wildman–Crippen MR) is 116 cm³/mol. The maximum Gasteiger partial charge on any atom is 0.347 e. The zero-order valence-corrected chi connectivity index (χ0v) is 19.7. The van der Waals surface area contributed by atoms with Gasteiger partial charge in [0.2, 0.25) is 15.7 Å². The van der Waals surface area contributed by atoms with E-state index in [2.05, 4.69) is 10.3 Å². The number of piperidine rings is 1. The zero-order chi connectivity index (χ0) is 24.3. The molecule has 9 nitrogen and oxygen atoms in total. The minimum atomic E-state index is -4.72. The summed E-state index contributed by atoms with van der Waals surface area (Å²) < 4.78 is 55.8. The third-order valence-electron chi connectivity index (χ3n) is 7.44. The van der Waals surface area contributed by atoms with Crippen LogP contribution in [0.5, 0.6) is 0 Å². The molecule has 4 heterocycles. The van der Waals surface area contributed by atoms with Crippen LogP contribution in [0.1, 0.15) is 31.9 Å². The summed E-state index contributed by atoms with van der Waals surface area (Å²) in [6.07, 6.45) is 4.22. The number of urea groups is 1. The molecular formula is C22H28F2N4O5S. The van der Waals surface area contributed by atoms with E-state index in [-0.39, 0.29) is 36.1 Å². The van der Waals surface area contributed by atoms with Crippen LogP contribution in [-0.4, -0.2) is 85.3 Å². The van der Waals surface area contributed by atoms with E-state index in [4.69, 9.17) is 4.74 Å². The number of pyridine rings is 1. The van der Waals surface area contributed by atoms with Gasteiger partial charge in [-0.05, 0) is 43.7 Å². The first-order chi connectivity index (χ1) is 16.0. The molecule has 3 amide bonds. The summed E-state index contributed by atoms with van der Waals surface area (Å²) in [7, 11) is -4.72. The monoisotopic (exact) mass is 498 g/mol. The van der Waals surface area contributed by atoms with Crippen LogP contribution in [-0.2, 0) is 25.8 Å². The molecule has 1 spiro atoms. The normalized spacial score (nSPS) is 27.0. The van der Waals surface area contributed by atoms with Gasteiger partial charge in [0.25, 0.3) is 0 Å². The first-order valence-electron chi connectivity index (χ1n) is 11.5. The number of amides is 3. The quantitative estimate of drug-likeness (QED) is 0.673. The Labute approximate surface area is 196 Å². The second-order valence-corrected chi connectivity index (χ2v) is 12.4. The van der Waals surface area contributed by atoms with Crippen molar-refractivity contribution in [2.45, 2.75) is 54.9 Å². The van der Waals surface area contributed by atoms with Crippen LogP contribution in [0.25, 0.3) is 0 Å². The van der Waals surface area contributed by atoms with Gasteiger partial charge in [0.1, 0.15) is 6.61 Å². The van der Waals surface area contributed by atoms with E-state index in [9.17, 15) is 26.8 Å². The molecule has 1 aliphatic carbocycles. The van der Waals surface area contributed by atoms with Gasteiger partial charge >= 0.3 is 11.3 Å². The molecule has 3 aliphatic heterocycles. The molecule has 0 radical (unpaired) electrons. The van der Waals surface area contributed by atoms with Crippen molar-refractivity contribution >= 4 is 21.8 Å². The fourth-order valence-corrected chi connectivity index (χ4v) is 6.59. The SMILES string of the molecule is CC(F)(F)S(=O)(=O)c1ccc(CC2CC3(C2)CN(C(=O)N2CC[C@H]4OCC(=O)N[C@H]4C2)C3)nc1. The number of halogens is 2. The summed E-state index contributed by atoms with van der Waals surface area (Å²) in [5.41, 5.74) is 0.791. The van der Waals surface area contributed by atoms with Gasteiger partial charge in [-0.15, -0.1) is 0 Å². The third-order valence-corrected chi connectivity index (χ3v) is 9.24. The van der Waals surface area contributed by atoms with Gasteiger partial charge < -0.3 is 19.9 Å². The van der Waals surface area contributed by atoms with Gasteiger partial charge in [-0.2, -0.15) is 8.78 Å². The van der Waals surface area contributed by atoms with E-state index < -0.39 is 20.0 Å². The van der Waals surface area contributed by atoms with Crippen LogP contribution in [0, 0.1) is 11.3 Å². The largest absolute Gasteiger partial charge is 0.366 e. The Balaban J connectivity index is 1.09. The Kier molecular flexibility index (Phi) is 5.58. The Morgan fingerprint density at radius 2 is 2.03 bits per heavy atom. The van der Waals surface area contributed by atoms with Crippen LogP contribution in [0.4, 0.5) is 13.6 Å². The number of ether oxygens (including phenoxy) is 1. The Bertz CT molecular complexity index is 1080. The van der Waals surface area contributed by atoms with E-state index in [0.29, 0.717) is 57.6 Å². The van der Waals surface area contributed by atoms with Crippen molar-refractivity contribution in [3.05, 3.63) is 24.0 Å². The predicted octanol–water partition coefficient (Wildman–Crippen LogP) is 1.43. The van der Waals surface area contributed by atoms with Gasteiger partial charge in [-0.1, -0.05) is 0 Å². The standard InChI is InChI=1S/C22H28F2N4O5S/c1-21(23,24)34(31,32)16-3-2-15(25-9-16)6-14-7-22(8-14)12-28(13-22)20(30)27-5-4-18-17(10-27)26-19(29)11-33-18/h2-3,9,14,17-18H,4-8,10-13H2,1H3,(H,26,29)/t17-,18+/m0/s1. The maximum atomic E-state index is 13.3. The lowest BCUT2D eigenvalue weighted by molar-refractivity contribution is -0.140. The Morgan fingerprint density at radius 3 is 2.68 bits per heavy atom. The lowest BCUT2D eigenvalue weighted by atomic mass is 9.57. The molecule has 1 aromatic rings. The fraction of sp³-hybridized carbons (Fsp3) is 0.682. The highest BCUT2D eigenvalue weighted by molar-refractivity contribution is 7.92. The molecule has 0 unspecified atom stereocenters. The first kappa shape index (κ1) is 23.4. The summed E-state index contributed by atoms with van der Waals surface area (Å²) in [5, 5.41) is -0.937. The molecule has 2 atom stereocenters. The lowest BCUT2D eigenvalue weighted by Gasteiger charge is -2.60. The number of carbonyl (C=O) groups excluding carboxylic acids is 2. The number of fused-ring (bicyclic) bond motifs is 1. The number of rotatable bonds is 4. The molecule has 12 heteroatoms. The molecule has 1 saturated carbocycles. The number of alkyl halides is 2. The van der Waals surface area contributed by atoms with Crippen molar-refractivity contribution in [2.24, 2.45) is 11.3 Å². The van der Waals surface area contributed by atoms with Crippen molar-refractivity contribution in [3.63, 3.8) is 0 Å². The van der Waals surface area contributed by atoms with E-state index in [1.165, 1.54) is 12.1 Å². The third kappa shape index (κ3) is 4.15. The highest BCUT2D eigenvalue weighted by Crippen LogP contribution is 2.53. The lowest BCUT2D eigenvalue weighted by Crippen LogP contribution is -2.68. The highest BCUT2D eigenvalue weighted by Gasteiger charge is 2.54. The van der Waals surface area contributed by atoms with Crippen molar-refractivity contribution in [3.8, 4) is 0 Å². The molecule has 186 valence electrons. The Hall–Kier alpha value is -2.34. The minimum absolute atomic E-state index is 0.00135. The van der Waals surface area contributed by atoms with Crippen molar-refractivity contribution in [1.29, 1.82) is 0 Å². The molecule has 4 aliphatic rings. The summed E-state index contributed by atoms with van der Waals surface area (Å²) in [6.45, 7) is 2.92. The number of nitrogens with one attached hydrogen (secondary N) is 1. The summed E-state index contributed by atoms with van der Waals surface area (Å²) in [6, 6.07) is 2.53. The van der Waals surface area contributed by atoms with Crippen LogP contribution in [0.3, 0.4) is 0 Å². The van der Waals surface area contributed by atoms with Gasteiger partial charge in [0.05, 0.1) is 17.0 Å². The second kappa shape index (κ2) is 8.11. The van der Waals surface area contributed by atoms with Crippen molar-refractivity contribution in [2.75, 3.05) is 32.8 Å². The van der Waals surface area contributed by atoms with Crippen LogP contribution < -0.4 is 5.32 Å². The minimum Gasteiger partial charge on any atom is -0.366 e. The summed E-state index contributed by atoms with van der Waals surface area (Å²) >= 11 is 0. The number of likely N-dealkylation sites (tertiary alicyclic amines) is 2. The van der Waals surface area contributed by atoms with Crippen molar-refractivity contribution < 1.29 is 31.5 Å². The number of hydrogen-bond donors (Lipinski definition) is 1. The molecule has 34 heavy (non-hydrogen) atoms. The highest BCUT2D eigenvalue weighted by atomic mass is 32.2. The van der Waals surface area contributed by atoms with E-state index in [1.54, 1.807) is 4.90 Å². The molecule has 1 aromatic heterocycles. The molecule has 1 N–H and O–H groups in total. The van der Waals surface area contributed by atoms with Gasteiger partial charge in [0, 0.05) is 50.4 Å². The first-order valence-corrected chi connectivity index (χ1v) is 13.0. The summed E-state index contributed by atoms with van der Waals surface area (Å²) in [5.74, 6) is 0.221. The topological polar surface area (TPSA) is 109 Å². The van der Waals surface area contributed by atoms with Gasteiger partial charge in [0.15, 0.2) is 0 Å². The number of hydrogen-bond acceptors (Lipinski definition) is 6. The fourth-order valence-electron chi connectivity index (χ4n) is 5.73. The average molecular weight is 499 g/mol. The van der Waals surface area contributed by atoms with Crippen LogP contribution >= 0.6 is 0 Å². The van der Waals surface area contributed by atoms with Gasteiger partial charge in [-0.25, -0.2) is 13.2 Å². The van der Waals surface area contributed by atoms with Crippen LogP contribution in [0.2, 0.25) is 0 Å². The smallest absolute Gasteiger partial charge is 0.347 e. The maximum absolute atomic E-state index is 13.3. The summed E-state index contributed by atoms with van der Waals surface area (Å²) in [4.78, 5) is 31.7. The van der Waals surface area contributed by atoms with E-state index in [0.717, 1.165) is 19.0 Å². The molecule has 0 aromatic carbocycles. The van der Waals surface area contributed by atoms with E-state index >= 15 is 0 Å².